The first-order chi connectivity index (χ1) is 11.7. The van der Waals surface area contributed by atoms with Gasteiger partial charge in [0.1, 0.15) is 0 Å². The molecule has 0 radical (unpaired) electrons. The Kier molecular flexibility index (Phi) is 4.07. The molecular formula is C20H20N2OS. The minimum absolute atomic E-state index is 0.230. The second kappa shape index (κ2) is 6.36. The van der Waals surface area contributed by atoms with Gasteiger partial charge < -0.3 is 4.90 Å². The van der Waals surface area contributed by atoms with E-state index in [4.69, 9.17) is 0 Å². The molecule has 0 saturated carbocycles. The third-order valence-corrected chi connectivity index (χ3v) is 5.69. The Morgan fingerprint density at radius 1 is 1.21 bits per heavy atom. The van der Waals surface area contributed by atoms with Crippen molar-refractivity contribution >= 4 is 33.1 Å². The monoisotopic (exact) mass is 336 g/mol. The van der Waals surface area contributed by atoms with Crippen LogP contribution in [0.1, 0.15) is 30.3 Å². The number of benzene rings is 2. The summed E-state index contributed by atoms with van der Waals surface area (Å²) >= 11 is 1.73. The summed E-state index contributed by atoms with van der Waals surface area (Å²) in [6, 6.07) is 16.7. The van der Waals surface area contributed by atoms with Crippen molar-refractivity contribution in [1.29, 1.82) is 0 Å². The number of hydrogen-bond acceptors (Lipinski definition) is 3. The van der Waals surface area contributed by atoms with E-state index < -0.39 is 0 Å². The highest BCUT2D eigenvalue weighted by molar-refractivity contribution is 7.18. The zero-order chi connectivity index (χ0) is 16.5. The molecule has 0 spiro atoms. The van der Waals surface area contributed by atoms with Crippen LogP contribution in [0.2, 0.25) is 0 Å². The van der Waals surface area contributed by atoms with Crippen molar-refractivity contribution in [2.75, 3.05) is 4.90 Å². The molecule has 1 aromatic heterocycles. The van der Waals surface area contributed by atoms with Crippen LogP contribution in [0.25, 0.3) is 10.2 Å². The summed E-state index contributed by atoms with van der Waals surface area (Å²) in [6.45, 7) is 2.13. The van der Waals surface area contributed by atoms with E-state index in [2.05, 4.69) is 30.1 Å². The van der Waals surface area contributed by atoms with Crippen molar-refractivity contribution in [1.82, 2.24) is 4.98 Å². The highest BCUT2D eigenvalue weighted by Crippen LogP contribution is 2.32. The van der Waals surface area contributed by atoms with Gasteiger partial charge in [-0.3, -0.25) is 4.79 Å². The lowest BCUT2D eigenvalue weighted by molar-refractivity contribution is -0.119. The zero-order valence-corrected chi connectivity index (χ0v) is 14.6. The Balaban J connectivity index is 1.40. The van der Waals surface area contributed by atoms with Gasteiger partial charge in [0.05, 0.1) is 15.2 Å². The summed E-state index contributed by atoms with van der Waals surface area (Å²) in [5.41, 5.74) is 3.44. The summed E-state index contributed by atoms with van der Waals surface area (Å²) in [7, 11) is 0. The molecule has 1 atom stereocenters. The van der Waals surface area contributed by atoms with Crippen LogP contribution in [0, 0.1) is 0 Å². The van der Waals surface area contributed by atoms with Crippen LogP contribution in [0.3, 0.4) is 0 Å². The average Bonchev–Trinajstić information content (AvgIpc) is 3.13. The van der Waals surface area contributed by atoms with Crippen LogP contribution in [0.5, 0.6) is 0 Å². The van der Waals surface area contributed by atoms with E-state index in [9.17, 15) is 4.79 Å². The standard InChI is InChI=1S/C20H20N2OS/c1-14-13-15-7-2-4-9-17(15)22(14)20(23)12-6-11-19-21-16-8-3-5-10-18(16)24-19/h2-5,7-10,14H,6,11-13H2,1H3/t14-/m1/s1. The smallest absolute Gasteiger partial charge is 0.227 e. The molecule has 2 heterocycles. The van der Waals surface area contributed by atoms with Gasteiger partial charge in [0, 0.05) is 18.2 Å². The Hall–Kier alpha value is -2.20. The van der Waals surface area contributed by atoms with E-state index in [0.717, 1.165) is 35.5 Å². The number of carbonyl (C=O) groups is 1. The van der Waals surface area contributed by atoms with Crippen molar-refractivity contribution in [3.63, 3.8) is 0 Å². The van der Waals surface area contributed by atoms with E-state index in [-0.39, 0.29) is 11.9 Å². The van der Waals surface area contributed by atoms with Crippen LogP contribution >= 0.6 is 11.3 Å². The van der Waals surface area contributed by atoms with E-state index in [1.165, 1.54) is 10.3 Å². The molecule has 24 heavy (non-hydrogen) atoms. The molecule has 0 N–H and O–H groups in total. The Labute approximate surface area is 146 Å². The number of aromatic nitrogens is 1. The average molecular weight is 336 g/mol. The van der Waals surface area contributed by atoms with Crippen LogP contribution < -0.4 is 4.90 Å². The number of fused-ring (bicyclic) bond motifs is 2. The Bertz CT molecular complexity index is 853. The van der Waals surface area contributed by atoms with Gasteiger partial charge in [0.25, 0.3) is 0 Å². The third-order valence-electron chi connectivity index (χ3n) is 4.60. The van der Waals surface area contributed by atoms with Gasteiger partial charge in [-0.2, -0.15) is 0 Å². The molecule has 1 aliphatic heterocycles. The molecule has 3 nitrogen and oxygen atoms in total. The van der Waals surface area contributed by atoms with Crippen molar-refractivity contribution in [3.8, 4) is 0 Å². The van der Waals surface area contributed by atoms with E-state index in [1.807, 2.05) is 35.2 Å². The fourth-order valence-corrected chi connectivity index (χ4v) is 4.49. The fraction of sp³-hybridized carbons (Fsp3) is 0.300. The maximum absolute atomic E-state index is 12.7. The maximum atomic E-state index is 12.7. The number of hydrogen-bond donors (Lipinski definition) is 0. The molecule has 0 fully saturated rings. The molecule has 2 aromatic carbocycles. The molecule has 0 unspecified atom stereocenters. The fourth-order valence-electron chi connectivity index (χ4n) is 3.48. The summed E-state index contributed by atoms with van der Waals surface area (Å²) in [4.78, 5) is 19.3. The number of amides is 1. The quantitative estimate of drug-likeness (QED) is 0.698. The van der Waals surface area contributed by atoms with Crippen LogP contribution in [0.4, 0.5) is 5.69 Å². The molecule has 1 aliphatic rings. The van der Waals surface area contributed by atoms with Crippen LogP contribution in [0.15, 0.2) is 48.5 Å². The summed E-state index contributed by atoms with van der Waals surface area (Å²) in [5, 5.41) is 1.12. The molecular weight excluding hydrogens is 316 g/mol. The van der Waals surface area contributed by atoms with Crippen LogP contribution in [-0.4, -0.2) is 16.9 Å². The normalized spacial score (nSPS) is 16.5. The second-order valence-corrected chi connectivity index (χ2v) is 7.49. The number of thiazole rings is 1. The van der Waals surface area contributed by atoms with Gasteiger partial charge in [-0.1, -0.05) is 30.3 Å². The second-order valence-electron chi connectivity index (χ2n) is 6.37. The number of aryl methyl sites for hydroxylation is 1. The molecule has 0 bridgehead atoms. The van der Waals surface area contributed by atoms with E-state index >= 15 is 0 Å². The van der Waals surface area contributed by atoms with Crippen molar-refractivity contribution < 1.29 is 4.79 Å². The van der Waals surface area contributed by atoms with E-state index in [1.54, 1.807) is 11.3 Å². The minimum Gasteiger partial charge on any atom is -0.309 e. The maximum Gasteiger partial charge on any atom is 0.227 e. The molecule has 4 rings (SSSR count). The number of anilines is 1. The first kappa shape index (κ1) is 15.3. The number of rotatable bonds is 4. The Morgan fingerprint density at radius 3 is 2.88 bits per heavy atom. The molecule has 122 valence electrons. The molecule has 4 heteroatoms. The summed E-state index contributed by atoms with van der Waals surface area (Å²) in [6.07, 6.45) is 3.26. The summed E-state index contributed by atoms with van der Waals surface area (Å²) in [5.74, 6) is 0.230. The van der Waals surface area contributed by atoms with E-state index in [0.29, 0.717) is 6.42 Å². The zero-order valence-electron chi connectivity index (χ0n) is 13.7. The van der Waals surface area contributed by atoms with Gasteiger partial charge >= 0.3 is 0 Å². The SMILES string of the molecule is C[C@@H]1Cc2ccccc2N1C(=O)CCCc1nc2ccccc2s1. The molecule has 0 aliphatic carbocycles. The van der Waals surface area contributed by atoms with Gasteiger partial charge in [-0.05, 0) is 49.9 Å². The first-order valence-corrected chi connectivity index (χ1v) is 9.28. The number of para-hydroxylation sites is 2. The van der Waals surface area contributed by atoms with Gasteiger partial charge in [0.2, 0.25) is 5.91 Å². The Morgan fingerprint density at radius 2 is 2.00 bits per heavy atom. The van der Waals surface area contributed by atoms with Crippen molar-refractivity contribution in [2.45, 2.75) is 38.6 Å². The van der Waals surface area contributed by atoms with Gasteiger partial charge in [-0.25, -0.2) is 4.98 Å². The largest absolute Gasteiger partial charge is 0.309 e. The topological polar surface area (TPSA) is 33.2 Å². The highest BCUT2D eigenvalue weighted by atomic mass is 32.1. The van der Waals surface area contributed by atoms with Gasteiger partial charge in [0.15, 0.2) is 0 Å². The number of nitrogens with zero attached hydrogens (tertiary/aromatic N) is 2. The predicted molar refractivity (Wildman–Crippen MR) is 99.7 cm³/mol. The predicted octanol–water partition coefficient (Wildman–Crippen LogP) is 4.60. The molecule has 3 aromatic rings. The van der Waals surface area contributed by atoms with Crippen molar-refractivity contribution in [2.24, 2.45) is 0 Å². The molecule has 0 saturated heterocycles. The first-order valence-electron chi connectivity index (χ1n) is 8.47. The lowest BCUT2D eigenvalue weighted by Gasteiger charge is -2.22. The third kappa shape index (κ3) is 2.82. The lowest BCUT2D eigenvalue weighted by atomic mass is 10.1. The van der Waals surface area contributed by atoms with Crippen LogP contribution in [-0.2, 0) is 17.6 Å². The minimum atomic E-state index is 0.230. The lowest BCUT2D eigenvalue weighted by Crippen LogP contribution is -2.35. The number of carbonyl (C=O) groups excluding carboxylic acids is 1. The van der Waals surface area contributed by atoms with Crippen molar-refractivity contribution in [3.05, 3.63) is 59.1 Å². The summed E-state index contributed by atoms with van der Waals surface area (Å²) < 4.78 is 1.22. The highest BCUT2D eigenvalue weighted by Gasteiger charge is 2.29. The van der Waals surface area contributed by atoms with Gasteiger partial charge in [-0.15, -0.1) is 11.3 Å². The molecule has 1 amide bonds.